The molecular formula is C16H18Cl2N2O2. The molecule has 1 saturated heterocycles. The van der Waals surface area contributed by atoms with Gasteiger partial charge in [-0.15, -0.1) is 6.58 Å². The Hall–Kier alpha value is -1.52. The summed E-state index contributed by atoms with van der Waals surface area (Å²) in [7, 11) is 0. The van der Waals surface area contributed by atoms with E-state index in [0.29, 0.717) is 48.1 Å². The topological polar surface area (TPSA) is 49.4 Å². The maximum Gasteiger partial charge on any atom is 0.255 e. The number of nitrogens with zero attached hydrogens (tertiary/aromatic N) is 1. The monoisotopic (exact) mass is 340 g/mol. The first-order valence-electron chi connectivity index (χ1n) is 7.16. The maximum absolute atomic E-state index is 12.5. The van der Waals surface area contributed by atoms with Gasteiger partial charge >= 0.3 is 0 Å². The van der Waals surface area contributed by atoms with Crippen LogP contribution in [-0.4, -0.2) is 36.3 Å². The van der Waals surface area contributed by atoms with Gasteiger partial charge in [0.2, 0.25) is 5.91 Å². The molecule has 0 spiro atoms. The minimum atomic E-state index is -0.119. The summed E-state index contributed by atoms with van der Waals surface area (Å²) in [5, 5.41) is 3.65. The van der Waals surface area contributed by atoms with Crippen LogP contribution in [0, 0.1) is 5.92 Å². The zero-order chi connectivity index (χ0) is 16.1. The van der Waals surface area contributed by atoms with Crippen LogP contribution in [0.3, 0.4) is 0 Å². The van der Waals surface area contributed by atoms with Crippen LogP contribution in [0.2, 0.25) is 10.0 Å². The molecule has 0 bridgehead atoms. The van der Waals surface area contributed by atoms with E-state index in [4.69, 9.17) is 23.2 Å². The van der Waals surface area contributed by atoms with E-state index >= 15 is 0 Å². The molecule has 1 aliphatic heterocycles. The summed E-state index contributed by atoms with van der Waals surface area (Å²) in [5.41, 5.74) is 0.445. The lowest BCUT2D eigenvalue weighted by molar-refractivity contribution is -0.126. The standard InChI is InChI=1S/C16H18Cl2N2O2/c1-2-7-19-15(21)11-5-8-20(9-6-11)16(22)13-4-3-12(17)10-14(13)18/h2-4,10-11H,1,5-9H2,(H,19,21). The number of hydrogen-bond donors (Lipinski definition) is 1. The van der Waals surface area contributed by atoms with E-state index in [1.807, 2.05) is 0 Å². The number of nitrogens with one attached hydrogen (secondary N) is 1. The molecule has 1 aromatic carbocycles. The molecule has 118 valence electrons. The molecule has 6 heteroatoms. The molecule has 0 aromatic heterocycles. The molecule has 22 heavy (non-hydrogen) atoms. The average molecular weight is 341 g/mol. The van der Waals surface area contributed by atoms with Gasteiger partial charge in [0.25, 0.3) is 5.91 Å². The third-order valence-electron chi connectivity index (χ3n) is 3.74. The number of piperidine rings is 1. The van der Waals surface area contributed by atoms with Crippen LogP contribution in [-0.2, 0) is 4.79 Å². The Morgan fingerprint density at radius 1 is 1.32 bits per heavy atom. The number of likely N-dealkylation sites (tertiary alicyclic amines) is 1. The summed E-state index contributed by atoms with van der Waals surface area (Å²) >= 11 is 11.9. The Morgan fingerprint density at radius 2 is 2.00 bits per heavy atom. The lowest BCUT2D eigenvalue weighted by Crippen LogP contribution is -2.43. The SMILES string of the molecule is C=CCNC(=O)C1CCN(C(=O)c2ccc(Cl)cc2Cl)CC1. The van der Waals surface area contributed by atoms with Crippen molar-refractivity contribution in [3.8, 4) is 0 Å². The Kier molecular flexibility index (Phi) is 5.86. The van der Waals surface area contributed by atoms with Crippen LogP contribution >= 0.6 is 23.2 Å². The van der Waals surface area contributed by atoms with Crippen molar-refractivity contribution >= 4 is 35.0 Å². The first-order chi connectivity index (χ1) is 10.5. The van der Waals surface area contributed by atoms with E-state index in [1.165, 1.54) is 0 Å². The fourth-order valence-corrected chi connectivity index (χ4v) is 2.98. The molecule has 0 radical (unpaired) electrons. The molecule has 4 nitrogen and oxygen atoms in total. The van der Waals surface area contributed by atoms with Gasteiger partial charge in [0, 0.05) is 30.6 Å². The van der Waals surface area contributed by atoms with Crippen LogP contribution in [0.4, 0.5) is 0 Å². The van der Waals surface area contributed by atoms with E-state index < -0.39 is 0 Å². The molecule has 0 aliphatic carbocycles. The van der Waals surface area contributed by atoms with Gasteiger partial charge in [0.05, 0.1) is 10.6 Å². The molecule has 1 heterocycles. The van der Waals surface area contributed by atoms with Crippen molar-refractivity contribution in [1.82, 2.24) is 10.2 Å². The van der Waals surface area contributed by atoms with Crippen LogP contribution in [0.15, 0.2) is 30.9 Å². The van der Waals surface area contributed by atoms with Gasteiger partial charge in [-0.25, -0.2) is 0 Å². The van der Waals surface area contributed by atoms with E-state index in [9.17, 15) is 9.59 Å². The normalized spacial score (nSPS) is 15.5. The summed E-state index contributed by atoms with van der Waals surface area (Å²) < 4.78 is 0. The molecule has 0 saturated carbocycles. The van der Waals surface area contributed by atoms with E-state index in [0.717, 1.165) is 0 Å². The summed E-state index contributed by atoms with van der Waals surface area (Å²) in [6, 6.07) is 4.85. The zero-order valence-corrected chi connectivity index (χ0v) is 13.7. The van der Waals surface area contributed by atoms with Crippen molar-refractivity contribution in [1.29, 1.82) is 0 Å². The molecule has 0 atom stereocenters. The Morgan fingerprint density at radius 3 is 2.59 bits per heavy atom. The number of halogens is 2. The molecule has 1 N–H and O–H groups in total. The number of rotatable bonds is 4. The summed E-state index contributed by atoms with van der Waals surface area (Å²) in [6.07, 6.45) is 2.96. The Balaban J connectivity index is 1.95. The molecule has 1 aliphatic rings. The molecule has 2 amide bonds. The van der Waals surface area contributed by atoms with Crippen LogP contribution in [0.25, 0.3) is 0 Å². The molecule has 0 unspecified atom stereocenters. The Labute approximate surface area is 140 Å². The number of amides is 2. The predicted molar refractivity (Wildman–Crippen MR) is 88.3 cm³/mol. The minimum absolute atomic E-state index is 0.0246. The van der Waals surface area contributed by atoms with E-state index in [1.54, 1.807) is 29.2 Å². The number of hydrogen-bond acceptors (Lipinski definition) is 2. The van der Waals surface area contributed by atoms with Crippen molar-refractivity contribution in [3.63, 3.8) is 0 Å². The third kappa shape index (κ3) is 4.02. The number of carbonyl (C=O) groups excluding carboxylic acids is 2. The van der Waals surface area contributed by atoms with Gasteiger partial charge in [-0.1, -0.05) is 29.3 Å². The maximum atomic E-state index is 12.5. The van der Waals surface area contributed by atoms with Gasteiger partial charge in [0.15, 0.2) is 0 Å². The van der Waals surface area contributed by atoms with Crippen molar-refractivity contribution in [2.75, 3.05) is 19.6 Å². The van der Waals surface area contributed by atoms with Crippen LogP contribution < -0.4 is 5.32 Å². The van der Waals surface area contributed by atoms with Crippen molar-refractivity contribution in [3.05, 3.63) is 46.5 Å². The van der Waals surface area contributed by atoms with Gasteiger partial charge in [-0.05, 0) is 31.0 Å². The quantitative estimate of drug-likeness (QED) is 0.856. The fraction of sp³-hybridized carbons (Fsp3) is 0.375. The lowest BCUT2D eigenvalue weighted by atomic mass is 9.95. The highest BCUT2D eigenvalue weighted by atomic mass is 35.5. The van der Waals surface area contributed by atoms with Crippen molar-refractivity contribution < 1.29 is 9.59 Å². The van der Waals surface area contributed by atoms with Gasteiger partial charge in [0.1, 0.15) is 0 Å². The zero-order valence-electron chi connectivity index (χ0n) is 12.1. The minimum Gasteiger partial charge on any atom is -0.352 e. The molecular weight excluding hydrogens is 323 g/mol. The third-order valence-corrected chi connectivity index (χ3v) is 4.28. The predicted octanol–water partition coefficient (Wildman–Crippen LogP) is 3.15. The fourth-order valence-electron chi connectivity index (χ4n) is 2.50. The van der Waals surface area contributed by atoms with Crippen molar-refractivity contribution in [2.45, 2.75) is 12.8 Å². The second kappa shape index (κ2) is 7.65. The first kappa shape index (κ1) is 16.8. The highest BCUT2D eigenvalue weighted by molar-refractivity contribution is 6.36. The van der Waals surface area contributed by atoms with Crippen LogP contribution in [0.1, 0.15) is 23.2 Å². The number of carbonyl (C=O) groups is 2. The van der Waals surface area contributed by atoms with E-state index in [2.05, 4.69) is 11.9 Å². The second-order valence-electron chi connectivity index (χ2n) is 5.22. The first-order valence-corrected chi connectivity index (χ1v) is 7.91. The summed E-state index contributed by atoms with van der Waals surface area (Å²) in [6.45, 7) is 5.13. The van der Waals surface area contributed by atoms with Gasteiger partial charge < -0.3 is 10.2 Å². The molecule has 1 fully saturated rings. The summed E-state index contributed by atoms with van der Waals surface area (Å²) in [5.74, 6) is -0.146. The second-order valence-corrected chi connectivity index (χ2v) is 6.07. The number of benzene rings is 1. The average Bonchev–Trinajstić information content (AvgIpc) is 2.52. The smallest absolute Gasteiger partial charge is 0.255 e. The Bertz CT molecular complexity index is 582. The van der Waals surface area contributed by atoms with Gasteiger partial charge in [-0.2, -0.15) is 0 Å². The summed E-state index contributed by atoms with van der Waals surface area (Å²) in [4.78, 5) is 26.1. The lowest BCUT2D eigenvalue weighted by Gasteiger charge is -2.31. The van der Waals surface area contributed by atoms with E-state index in [-0.39, 0.29) is 17.7 Å². The highest BCUT2D eigenvalue weighted by Crippen LogP contribution is 2.25. The van der Waals surface area contributed by atoms with Crippen molar-refractivity contribution in [2.24, 2.45) is 5.92 Å². The largest absolute Gasteiger partial charge is 0.352 e. The highest BCUT2D eigenvalue weighted by Gasteiger charge is 2.28. The molecule has 2 rings (SSSR count). The van der Waals surface area contributed by atoms with Crippen LogP contribution in [0.5, 0.6) is 0 Å². The van der Waals surface area contributed by atoms with Gasteiger partial charge in [-0.3, -0.25) is 9.59 Å². The molecule has 1 aromatic rings.